The number of hydrogen-bond acceptors (Lipinski definition) is 4. The monoisotopic (exact) mass is 444 g/mol. The third kappa shape index (κ3) is 4.48. The van der Waals surface area contributed by atoms with E-state index in [0.29, 0.717) is 17.9 Å². The number of nitrogens with one attached hydrogen (secondary N) is 2. The molecule has 0 spiro atoms. The van der Waals surface area contributed by atoms with Crippen molar-refractivity contribution in [3.63, 3.8) is 0 Å². The second-order valence-electron chi connectivity index (χ2n) is 7.65. The van der Waals surface area contributed by atoms with E-state index in [-0.39, 0.29) is 11.5 Å². The maximum absolute atomic E-state index is 13.3. The molecule has 0 fully saturated rings. The molecule has 2 aromatic heterocycles. The molecule has 7 nitrogen and oxygen atoms in total. The smallest absolute Gasteiger partial charge is 0.355 e. The Balaban J connectivity index is 1.49. The average molecular weight is 444 g/mol. The number of hydrogen-bond donors (Lipinski definition) is 2. The van der Waals surface area contributed by atoms with Gasteiger partial charge in [-0.3, -0.25) is 4.79 Å². The molecule has 166 valence electrons. The summed E-state index contributed by atoms with van der Waals surface area (Å²) in [7, 11) is 0. The van der Waals surface area contributed by atoms with Gasteiger partial charge in [-0.05, 0) is 49.2 Å². The fraction of sp³-hybridized carbons (Fsp3) is 0.160. The lowest BCUT2D eigenvalue weighted by Crippen LogP contribution is -2.23. The molecule has 0 radical (unpaired) electrons. The van der Waals surface area contributed by atoms with Gasteiger partial charge in [0.1, 0.15) is 23.4 Å². The number of nitriles is 1. The summed E-state index contributed by atoms with van der Waals surface area (Å²) >= 11 is 0. The normalized spacial score (nSPS) is 10.7. The summed E-state index contributed by atoms with van der Waals surface area (Å²) in [6.07, 6.45) is 0. The van der Waals surface area contributed by atoms with Crippen molar-refractivity contribution in [2.75, 3.05) is 11.9 Å². The number of para-hydroxylation sites is 1. The predicted molar refractivity (Wildman–Crippen MR) is 121 cm³/mol. The van der Waals surface area contributed by atoms with Crippen LogP contribution in [0.1, 0.15) is 32.9 Å². The van der Waals surface area contributed by atoms with Crippen molar-refractivity contribution in [2.45, 2.75) is 20.4 Å². The van der Waals surface area contributed by atoms with Crippen LogP contribution in [-0.4, -0.2) is 28.0 Å². The van der Waals surface area contributed by atoms with Crippen LogP contribution in [0.5, 0.6) is 0 Å². The van der Waals surface area contributed by atoms with E-state index in [2.05, 4.69) is 16.4 Å². The molecule has 33 heavy (non-hydrogen) atoms. The molecule has 4 aromatic rings. The Morgan fingerprint density at radius 3 is 2.58 bits per heavy atom. The summed E-state index contributed by atoms with van der Waals surface area (Å²) in [4.78, 5) is 27.9. The lowest BCUT2D eigenvalue weighted by Gasteiger charge is -2.13. The zero-order valence-corrected chi connectivity index (χ0v) is 18.1. The number of rotatable bonds is 6. The minimum Gasteiger partial charge on any atom is -0.451 e. The topological polar surface area (TPSA) is 99.9 Å². The lowest BCUT2D eigenvalue weighted by atomic mass is 10.2. The maximum Gasteiger partial charge on any atom is 0.355 e. The van der Waals surface area contributed by atoms with Crippen LogP contribution in [0, 0.1) is 31.0 Å². The number of H-pyrrole nitrogens is 1. The molecule has 1 amide bonds. The first-order chi connectivity index (χ1) is 15.9. The van der Waals surface area contributed by atoms with Gasteiger partial charge in [-0.25, -0.2) is 9.18 Å². The Labute approximate surface area is 189 Å². The van der Waals surface area contributed by atoms with Crippen molar-refractivity contribution in [1.82, 2.24) is 9.55 Å². The molecule has 0 atom stereocenters. The van der Waals surface area contributed by atoms with Crippen molar-refractivity contribution in [2.24, 2.45) is 0 Å². The molecule has 0 aliphatic heterocycles. The number of anilines is 1. The fourth-order valence-electron chi connectivity index (χ4n) is 3.66. The molecule has 2 N–H and O–H groups in total. The Morgan fingerprint density at radius 1 is 1.15 bits per heavy atom. The number of carbonyl (C=O) groups is 2. The summed E-state index contributed by atoms with van der Waals surface area (Å²) in [5, 5.41) is 13.2. The van der Waals surface area contributed by atoms with Crippen LogP contribution >= 0.6 is 0 Å². The number of aromatic nitrogens is 2. The predicted octanol–water partition coefficient (Wildman–Crippen LogP) is 4.44. The van der Waals surface area contributed by atoms with E-state index in [9.17, 15) is 19.2 Å². The Morgan fingerprint density at radius 2 is 1.88 bits per heavy atom. The van der Waals surface area contributed by atoms with Crippen LogP contribution < -0.4 is 5.32 Å². The van der Waals surface area contributed by atoms with Gasteiger partial charge < -0.3 is 19.6 Å². The third-order valence-corrected chi connectivity index (χ3v) is 5.54. The molecule has 2 aromatic carbocycles. The first-order valence-corrected chi connectivity index (χ1v) is 10.3. The molecule has 0 saturated heterocycles. The van der Waals surface area contributed by atoms with Gasteiger partial charge in [-0.15, -0.1) is 0 Å². The van der Waals surface area contributed by atoms with Gasteiger partial charge in [-0.1, -0.05) is 30.3 Å². The molecular formula is C25H21FN4O3. The third-order valence-electron chi connectivity index (χ3n) is 5.54. The quantitative estimate of drug-likeness (QED) is 0.430. The molecule has 4 rings (SSSR count). The summed E-state index contributed by atoms with van der Waals surface area (Å²) in [5.74, 6) is -1.27. The van der Waals surface area contributed by atoms with Crippen molar-refractivity contribution < 1.29 is 18.7 Å². The maximum atomic E-state index is 13.3. The lowest BCUT2D eigenvalue weighted by molar-refractivity contribution is -0.119. The summed E-state index contributed by atoms with van der Waals surface area (Å²) in [6.45, 7) is 3.45. The second kappa shape index (κ2) is 9.01. The Kier molecular flexibility index (Phi) is 5.96. The number of nitrogens with zero attached hydrogens (tertiary/aromatic N) is 2. The van der Waals surface area contributed by atoms with Gasteiger partial charge in [0.2, 0.25) is 0 Å². The van der Waals surface area contributed by atoms with E-state index < -0.39 is 18.5 Å². The summed E-state index contributed by atoms with van der Waals surface area (Å²) in [6, 6.07) is 17.2. The van der Waals surface area contributed by atoms with Crippen LogP contribution in [0.25, 0.3) is 10.9 Å². The van der Waals surface area contributed by atoms with Gasteiger partial charge in [0.05, 0.1) is 5.56 Å². The number of ether oxygens (including phenoxy) is 1. The van der Waals surface area contributed by atoms with Crippen molar-refractivity contribution in [3.8, 4) is 6.07 Å². The van der Waals surface area contributed by atoms with Crippen molar-refractivity contribution in [3.05, 3.63) is 88.5 Å². The molecule has 0 unspecified atom stereocenters. The number of esters is 1. The summed E-state index contributed by atoms with van der Waals surface area (Å²) in [5.41, 5.74) is 3.68. The van der Waals surface area contributed by atoms with Crippen LogP contribution in [0.3, 0.4) is 0 Å². The van der Waals surface area contributed by atoms with E-state index in [0.717, 1.165) is 27.7 Å². The highest BCUT2D eigenvalue weighted by Gasteiger charge is 2.21. The molecular weight excluding hydrogens is 423 g/mol. The van der Waals surface area contributed by atoms with E-state index in [4.69, 9.17) is 4.74 Å². The SMILES string of the molecule is Cc1c(C#N)c(NC(=O)COC(=O)c2cc3ccccc3[nH]2)n(Cc2ccc(F)cc2)c1C. The zero-order valence-electron chi connectivity index (χ0n) is 18.1. The molecule has 0 aliphatic rings. The van der Waals surface area contributed by atoms with Crippen LogP contribution in [0.15, 0.2) is 54.6 Å². The number of amides is 1. The Hall–Kier alpha value is -4.38. The van der Waals surface area contributed by atoms with Gasteiger partial charge in [-0.2, -0.15) is 5.26 Å². The largest absolute Gasteiger partial charge is 0.451 e. The van der Waals surface area contributed by atoms with Gasteiger partial charge in [0.25, 0.3) is 5.91 Å². The van der Waals surface area contributed by atoms with Crippen LogP contribution in [0.2, 0.25) is 0 Å². The van der Waals surface area contributed by atoms with Gasteiger partial charge >= 0.3 is 5.97 Å². The molecule has 0 saturated carbocycles. The van der Waals surface area contributed by atoms with E-state index in [1.54, 1.807) is 29.7 Å². The number of fused-ring (bicyclic) bond motifs is 1. The first-order valence-electron chi connectivity index (χ1n) is 10.3. The fourth-order valence-corrected chi connectivity index (χ4v) is 3.66. The van der Waals surface area contributed by atoms with Gasteiger partial charge in [0.15, 0.2) is 6.61 Å². The molecule has 0 aliphatic carbocycles. The highest BCUT2D eigenvalue weighted by atomic mass is 19.1. The number of carbonyl (C=O) groups excluding carboxylic acids is 2. The Bertz CT molecular complexity index is 1360. The van der Waals surface area contributed by atoms with E-state index in [1.165, 1.54) is 12.1 Å². The van der Waals surface area contributed by atoms with E-state index in [1.807, 2.05) is 31.2 Å². The van der Waals surface area contributed by atoms with Gasteiger partial charge in [0, 0.05) is 23.1 Å². The highest BCUT2D eigenvalue weighted by Crippen LogP contribution is 2.27. The highest BCUT2D eigenvalue weighted by molar-refractivity contribution is 5.98. The average Bonchev–Trinajstić information content (AvgIpc) is 3.34. The second-order valence-corrected chi connectivity index (χ2v) is 7.65. The number of benzene rings is 2. The van der Waals surface area contributed by atoms with E-state index >= 15 is 0 Å². The number of aromatic amines is 1. The zero-order chi connectivity index (χ0) is 23.5. The van der Waals surface area contributed by atoms with Crippen molar-refractivity contribution in [1.29, 1.82) is 5.26 Å². The molecule has 2 heterocycles. The molecule has 0 bridgehead atoms. The minimum atomic E-state index is -0.657. The summed E-state index contributed by atoms with van der Waals surface area (Å²) < 4.78 is 20.2. The van der Waals surface area contributed by atoms with Crippen LogP contribution in [-0.2, 0) is 16.1 Å². The van der Waals surface area contributed by atoms with Crippen LogP contribution in [0.4, 0.5) is 10.2 Å². The standard InChI is InChI=1S/C25H21FN4O3/c1-15-16(2)30(13-17-7-9-19(26)10-8-17)24(20(15)12-27)29-23(31)14-33-25(32)22-11-18-5-3-4-6-21(18)28-22/h3-11,28H,13-14H2,1-2H3,(H,29,31). The number of halogens is 1. The first kappa shape index (κ1) is 21.8. The molecule has 8 heteroatoms. The van der Waals surface area contributed by atoms with Crippen molar-refractivity contribution >= 4 is 28.6 Å². The minimum absolute atomic E-state index is 0.244.